The Morgan fingerprint density at radius 2 is 1.46 bits per heavy atom. The summed E-state index contributed by atoms with van der Waals surface area (Å²) in [5.74, 6) is -9.40. The van der Waals surface area contributed by atoms with Crippen molar-refractivity contribution < 1.29 is 31.1 Å². The lowest BCUT2D eigenvalue weighted by Crippen LogP contribution is -2.49. The Labute approximate surface area is 143 Å². The summed E-state index contributed by atoms with van der Waals surface area (Å²) in [6.07, 6.45) is 0. The van der Waals surface area contributed by atoms with E-state index < -0.39 is 46.8 Å². The molecule has 3 rings (SSSR count). The largest absolute Gasteiger partial charge is 0.363 e. The van der Waals surface area contributed by atoms with E-state index in [4.69, 9.17) is 0 Å². The SMILES string of the molecule is O=C(c1ccc(F)cc1F)N1CCN(c2c(F)c(F)nc(F)c2F)CC1. The molecule has 1 aromatic heterocycles. The summed E-state index contributed by atoms with van der Waals surface area (Å²) in [6.45, 7) is -0.462. The Morgan fingerprint density at radius 3 is 2.00 bits per heavy atom. The number of hydrogen-bond donors (Lipinski definition) is 0. The Bertz CT molecular complexity index is 841. The molecule has 0 atom stereocenters. The predicted molar refractivity (Wildman–Crippen MR) is 78.5 cm³/mol. The maximum absolute atomic E-state index is 13.8. The number of carbonyl (C=O) groups excluding carboxylic acids is 1. The molecule has 1 aliphatic rings. The van der Waals surface area contributed by atoms with Crippen LogP contribution in [0.5, 0.6) is 0 Å². The first-order chi connectivity index (χ1) is 12.3. The standard InChI is InChI=1S/C16H11F6N3O/c17-8-1-2-9(10(18)7-8)16(26)25-5-3-24(4-6-25)13-11(19)14(21)23-15(22)12(13)20/h1-2,7H,3-6H2. The van der Waals surface area contributed by atoms with Gasteiger partial charge in [0, 0.05) is 32.2 Å². The van der Waals surface area contributed by atoms with Crippen molar-refractivity contribution in [2.24, 2.45) is 0 Å². The molecule has 0 unspecified atom stereocenters. The molecule has 0 bridgehead atoms. The van der Waals surface area contributed by atoms with Crippen LogP contribution in [0.25, 0.3) is 0 Å². The average Bonchev–Trinajstić information content (AvgIpc) is 2.60. The van der Waals surface area contributed by atoms with Crippen molar-refractivity contribution in [3.05, 3.63) is 58.9 Å². The highest BCUT2D eigenvalue weighted by Gasteiger charge is 2.30. The molecule has 0 N–H and O–H groups in total. The normalized spacial score (nSPS) is 14.7. The zero-order valence-corrected chi connectivity index (χ0v) is 13.1. The van der Waals surface area contributed by atoms with Gasteiger partial charge in [-0.1, -0.05) is 0 Å². The van der Waals surface area contributed by atoms with Gasteiger partial charge in [-0.05, 0) is 12.1 Å². The maximum atomic E-state index is 13.8. The Hall–Kier alpha value is -2.78. The molecule has 138 valence electrons. The van der Waals surface area contributed by atoms with Crippen LogP contribution in [0, 0.1) is 35.2 Å². The zero-order chi connectivity index (χ0) is 19.0. The lowest BCUT2D eigenvalue weighted by Gasteiger charge is -2.36. The third-order valence-corrected chi connectivity index (χ3v) is 4.02. The minimum absolute atomic E-state index is 0.0832. The summed E-state index contributed by atoms with van der Waals surface area (Å²) in [7, 11) is 0. The highest BCUT2D eigenvalue weighted by Crippen LogP contribution is 2.27. The number of halogens is 6. The van der Waals surface area contributed by atoms with Gasteiger partial charge in [-0.3, -0.25) is 4.79 Å². The van der Waals surface area contributed by atoms with Crippen LogP contribution in [0.4, 0.5) is 32.0 Å². The molecule has 2 aromatic rings. The van der Waals surface area contributed by atoms with E-state index in [0.717, 1.165) is 17.0 Å². The van der Waals surface area contributed by atoms with Gasteiger partial charge in [-0.15, -0.1) is 0 Å². The predicted octanol–water partition coefficient (Wildman–Crippen LogP) is 2.88. The molecule has 1 aliphatic heterocycles. The van der Waals surface area contributed by atoms with E-state index in [1.54, 1.807) is 0 Å². The van der Waals surface area contributed by atoms with Gasteiger partial charge in [-0.2, -0.15) is 22.5 Å². The number of anilines is 1. The number of pyridine rings is 1. The Morgan fingerprint density at radius 1 is 0.885 bits per heavy atom. The number of piperazine rings is 1. The van der Waals surface area contributed by atoms with Crippen LogP contribution in [-0.2, 0) is 0 Å². The fourth-order valence-corrected chi connectivity index (χ4v) is 2.72. The van der Waals surface area contributed by atoms with Crippen LogP contribution in [0.2, 0.25) is 0 Å². The zero-order valence-electron chi connectivity index (χ0n) is 13.1. The molecule has 0 spiro atoms. The lowest BCUT2D eigenvalue weighted by atomic mass is 10.1. The second-order valence-corrected chi connectivity index (χ2v) is 5.57. The van der Waals surface area contributed by atoms with Gasteiger partial charge >= 0.3 is 0 Å². The molecule has 0 saturated carbocycles. The van der Waals surface area contributed by atoms with Gasteiger partial charge in [-0.25, -0.2) is 8.78 Å². The number of aromatic nitrogens is 1. The number of carbonyl (C=O) groups is 1. The van der Waals surface area contributed by atoms with Crippen LogP contribution < -0.4 is 4.90 Å². The number of amides is 1. The summed E-state index contributed by atoms with van der Waals surface area (Å²) in [5.41, 5.74) is -1.26. The fourth-order valence-electron chi connectivity index (χ4n) is 2.72. The van der Waals surface area contributed by atoms with Crippen molar-refractivity contribution in [3.8, 4) is 0 Å². The molecule has 0 aliphatic carbocycles. The Balaban J connectivity index is 1.77. The van der Waals surface area contributed by atoms with Crippen LogP contribution >= 0.6 is 0 Å². The number of hydrogen-bond acceptors (Lipinski definition) is 3. The van der Waals surface area contributed by atoms with E-state index >= 15 is 0 Å². The maximum Gasteiger partial charge on any atom is 0.256 e. The van der Waals surface area contributed by atoms with Crippen molar-refractivity contribution in [2.45, 2.75) is 0 Å². The first-order valence-corrected chi connectivity index (χ1v) is 7.49. The minimum atomic E-state index is -1.77. The third-order valence-electron chi connectivity index (χ3n) is 4.02. The van der Waals surface area contributed by atoms with E-state index in [9.17, 15) is 31.1 Å². The number of benzene rings is 1. The number of nitrogens with zero attached hydrogens (tertiary/aromatic N) is 3. The van der Waals surface area contributed by atoms with Crippen LogP contribution in [0.1, 0.15) is 10.4 Å². The Kier molecular flexibility index (Phi) is 4.75. The van der Waals surface area contributed by atoms with Crippen molar-refractivity contribution >= 4 is 11.6 Å². The van der Waals surface area contributed by atoms with Crippen molar-refractivity contribution in [3.63, 3.8) is 0 Å². The number of rotatable bonds is 2. The van der Waals surface area contributed by atoms with Crippen molar-refractivity contribution in [2.75, 3.05) is 31.1 Å². The minimum Gasteiger partial charge on any atom is -0.363 e. The van der Waals surface area contributed by atoms with Crippen molar-refractivity contribution in [1.29, 1.82) is 0 Å². The molecule has 1 aromatic carbocycles. The average molecular weight is 375 g/mol. The highest BCUT2D eigenvalue weighted by molar-refractivity contribution is 5.94. The van der Waals surface area contributed by atoms with Gasteiger partial charge < -0.3 is 9.80 Å². The summed E-state index contributed by atoms with van der Waals surface area (Å²) in [5, 5.41) is 0. The van der Waals surface area contributed by atoms with Gasteiger partial charge in [0.2, 0.25) is 11.6 Å². The van der Waals surface area contributed by atoms with Gasteiger partial charge in [0.05, 0.1) is 5.56 Å². The lowest BCUT2D eigenvalue weighted by molar-refractivity contribution is 0.0741. The summed E-state index contributed by atoms with van der Waals surface area (Å²) in [4.78, 5) is 17.0. The van der Waals surface area contributed by atoms with Crippen LogP contribution in [0.3, 0.4) is 0 Å². The second kappa shape index (κ2) is 6.85. The first kappa shape index (κ1) is 18.0. The summed E-state index contributed by atoms with van der Waals surface area (Å²) >= 11 is 0. The van der Waals surface area contributed by atoms with Gasteiger partial charge in [0.15, 0.2) is 0 Å². The molecular formula is C16H11F6N3O. The topological polar surface area (TPSA) is 36.4 Å². The molecule has 1 saturated heterocycles. The van der Waals surface area contributed by atoms with E-state index in [-0.39, 0.29) is 31.7 Å². The van der Waals surface area contributed by atoms with Crippen LogP contribution in [0.15, 0.2) is 18.2 Å². The summed E-state index contributed by atoms with van der Waals surface area (Å²) < 4.78 is 80.6. The molecule has 26 heavy (non-hydrogen) atoms. The third kappa shape index (κ3) is 3.18. The van der Waals surface area contributed by atoms with Gasteiger partial charge in [0.25, 0.3) is 17.8 Å². The van der Waals surface area contributed by atoms with E-state index in [0.29, 0.717) is 6.07 Å². The fraction of sp³-hybridized carbons (Fsp3) is 0.250. The molecular weight excluding hydrogens is 364 g/mol. The molecule has 2 heterocycles. The highest BCUT2D eigenvalue weighted by atomic mass is 19.2. The molecule has 10 heteroatoms. The molecule has 4 nitrogen and oxygen atoms in total. The van der Waals surface area contributed by atoms with E-state index in [1.807, 2.05) is 0 Å². The van der Waals surface area contributed by atoms with Crippen LogP contribution in [-0.4, -0.2) is 42.0 Å². The second-order valence-electron chi connectivity index (χ2n) is 5.57. The monoisotopic (exact) mass is 375 g/mol. The molecule has 1 fully saturated rings. The summed E-state index contributed by atoms with van der Waals surface area (Å²) in [6, 6.07) is 2.49. The van der Waals surface area contributed by atoms with E-state index in [2.05, 4.69) is 4.98 Å². The van der Waals surface area contributed by atoms with Gasteiger partial charge in [0.1, 0.15) is 17.3 Å². The van der Waals surface area contributed by atoms with E-state index in [1.165, 1.54) is 4.90 Å². The molecule has 0 radical (unpaired) electrons. The smallest absolute Gasteiger partial charge is 0.256 e. The van der Waals surface area contributed by atoms with Crippen molar-refractivity contribution in [1.82, 2.24) is 9.88 Å². The molecule has 1 amide bonds. The first-order valence-electron chi connectivity index (χ1n) is 7.49. The quantitative estimate of drug-likeness (QED) is 0.598.